The van der Waals surface area contributed by atoms with Crippen molar-refractivity contribution in [2.24, 2.45) is 0 Å². The van der Waals surface area contributed by atoms with E-state index >= 15 is 0 Å². The smallest absolute Gasteiger partial charge is 0.250 e. The van der Waals surface area contributed by atoms with Crippen LogP contribution in [0.4, 0.5) is 11.8 Å². The number of benzene rings is 2. The van der Waals surface area contributed by atoms with Crippen LogP contribution in [0.15, 0.2) is 48.5 Å². The predicted molar refractivity (Wildman–Crippen MR) is 115 cm³/mol. The van der Waals surface area contributed by atoms with Crippen molar-refractivity contribution >= 4 is 22.7 Å². The summed E-state index contributed by atoms with van der Waals surface area (Å²) in [5, 5.41) is 13.2. The lowest BCUT2D eigenvalue weighted by atomic mass is 10.2. The summed E-state index contributed by atoms with van der Waals surface area (Å²) >= 11 is 0. The molecule has 0 aliphatic carbocycles. The molecule has 30 heavy (non-hydrogen) atoms. The molecule has 2 aromatic heterocycles. The van der Waals surface area contributed by atoms with Crippen molar-refractivity contribution in [1.82, 2.24) is 35.1 Å². The molecule has 2 aromatic carbocycles. The number of fused-ring (bicyclic) bond motifs is 1. The van der Waals surface area contributed by atoms with E-state index in [0.29, 0.717) is 12.4 Å². The van der Waals surface area contributed by atoms with Crippen molar-refractivity contribution in [3.05, 3.63) is 59.9 Å². The van der Waals surface area contributed by atoms with Crippen LogP contribution in [0, 0.1) is 6.92 Å². The highest BCUT2D eigenvalue weighted by molar-refractivity contribution is 5.87. The maximum absolute atomic E-state index is 6.13. The van der Waals surface area contributed by atoms with E-state index in [-0.39, 0.29) is 0 Å². The molecule has 0 amide bonds. The Labute approximate surface area is 174 Å². The molecule has 9 nitrogen and oxygen atoms in total. The van der Waals surface area contributed by atoms with Gasteiger partial charge in [-0.2, -0.15) is 4.68 Å². The predicted octanol–water partition coefficient (Wildman–Crippen LogP) is 1.82. The molecular weight excluding hydrogens is 378 g/mol. The summed E-state index contributed by atoms with van der Waals surface area (Å²) < 4.78 is 1.79. The molecule has 0 bridgehead atoms. The standard InChI is InChI=1S/C21H23N9/c1-15-6-8-16(9-7-15)30-21(25-26-27-30)29-12-10-28(11-13-29)14-19-23-18-5-3-2-4-17(18)20(22)24-19/h2-9H,10-14H2,1H3,(H2,22,23,24). The van der Waals surface area contributed by atoms with E-state index in [9.17, 15) is 0 Å². The first-order chi connectivity index (χ1) is 14.7. The number of tetrazole rings is 1. The Balaban J connectivity index is 1.28. The van der Waals surface area contributed by atoms with E-state index in [0.717, 1.165) is 54.5 Å². The fourth-order valence-electron chi connectivity index (χ4n) is 3.76. The number of nitrogens with zero attached hydrogens (tertiary/aromatic N) is 8. The van der Waals surface area contributed by atoms with Gasteiger partial charge in [0, 0.05) is 31.6 Å². The molecule has 9 heteroatoms. The second-order valence-corrected chi connectivity index (χ2v) is 7.53. The fraction of sp³-hybridized carbons (Fsp3) is 0.286. The third kappa shape index (κ3) is 3.55. The third-order valence-electron chi connectivity index (χ3n) is 5.43. The Morgan fingerprint density at radius 1 is 0.933 bits per heavy atom. The number of piperazine rings is 1. The number of anilines is 2. The van der Waals surface area contributed by atoms with Gasteiger partial charge >= 0.3 is 0 Å². The number of para-hydroxylation sites is 1. The van der Waals surface area contributed by atoms with Crippen molar-refractivity contribution in [3.8, 4) is 5.69 Å². The third-order valence-corrected chi connectivity index (χ3v) is 5.43. The first-order valence-electron chi connectivity index (χ1n) is 10.0. The van der Waals surface area contributed by atoms with Crippen LogP contribution in [0.2, 0.25) is 0 Å². The normalized spacial score (nSPS) is 15.0. The summed E-state index contributed by atoms with van der Waals surface area (Å²) in [6.45, 7) is 6.14. The molecule has 1 aliphatic rings. The van der Waals surface area contributed by atoms with Crippen LogP contribution in [-0.4, -0.2) is 61.3 Å². The minimum atomic E-state index is 0.534. The number of hydrogen-bond donors (Lipinski definition) is 1. The van der Waals surface area contributed by atoms with E-state index in [2.05, 4.69) is 54.3 Å². The van der Waals surface area contributed by atoms with E-state index in [1.54, 1.807) is 4.68 Å². The lowest BCUT2D eigenvalue weighted by Gasteiger charge is -2.34. The minimum absolute atomic E-state index is 0.534. The molecule has 1 fully saturated rings. The van der Waals surface area contributed by atoms with Gasteiger partial charge in [0.05, 0.1) is 17.7 Å². The number of aryl methyl sites for hydroxylation is 1. The van der Waals surface area contributed by atoms with E-state index in [4.69, 9.17) is 5.73 Å². The molecule has 5 rings (SSSR count). The first kappa shape index (κ1) is 18.4. The van der Waals surface area contributed by atoms with Crippen molar-refractivity contribution in [3.63, 3.8) is 0 Å². The Morgan fingerprint density at radius 3 is 2.50 bits per heavy atom. The molecule has 0 atom stereocenters. The van der Waals surface area contributed by atoms with Crippen LogP contribution < -0.4 is 10.6 Å². The molecule has 3 heterocycles. The number of rotatable bonds is 4. The molecule has 0 saturated carbocycles. The maximum atomic E-state index is 6.13. The quantitative estimate of drug-likeness (QED) is 0.552. The van der Waals surface area contributed by atoms with Crippen LogP contribution in [0.25, 0.3) is 16.6 Å². The molecule has 152 valence electrons. The zero-order valence-electron chi connectivity index (χ0n) is 16.8. The Hall–Kier alpha value is -3.59. The summed E-state index contributed by atoms with van der Waals surface area (Å²) in [4.78, 5) is 13.7. The molecular formula is C21H23N9. The lowest BCUT2D eigenvalue weighted by molar-refractivity contribution is 0.243. The van der Waals surface area contributed by atoms with Crippen molar-refractivity contribution in [2.75, 3.05) is 36.8 Å². The van der Waals surface area contributed by atoms with E-state index in [1.165, 1.54) is 5.56 Å². The zero-order chi connectivity index (χ0) is 20.5. The van der Waals surface area contributed by atoms with Gasteiger partial charge in [-0.3, -0.25) is 4.90 Å². The lowest BCUT2D eigenvalue weighted by Crippen LogP contribution is -2.47. The monoisotopic (exact) mass is 401 g/mol. The highest BCUT2D eigenvalue weighted by atomic mass is 15.6. The van der Waals surface area contributed by atoms with Crippen LogP contribution in [0.3, 0.4) is 0 Å². The van der Waals surface area contributed by atoms with Gasteiger partial charge in [0.2, 0.25) is 5.95 Å². The summed E-state index contributed by atoms with van der Waals surface area (Å²) in [6.07, 6.45) is 0. The average Bonchev–Trinajstić information content (AvgIpc) is 3.25. The topological polar surface area (TPSA) is 102 Å². The van der Waals surface area contributed by atoms with Crippen LogP contribution in [-0.2, 0) is 6.54 Å². The Morgan fingerprint density at radius 2 is 1.70 bits per heavy atom. The first-order valence-corrected chi connectivity index (χ1v) is 10.0. The summed E-state index contributed by atoms with van der Waals surface area (Å²) in [5.41, 5.74) is 9.18. The molecule has 4 aromatic rings. The van der Waals surface area contributed by atoms with Gasteiger partial charge in [-0.1, -0.05) is 34.9 Å². The van der Waals surface area contributed by atoms with Crippen molar-refractivity contribution in [2.45, 2.75) is 13.5 Å². The second kappa shape index (κ2) is 7.68. The highest BCUT2D eigenvalue weighted by Crippen LogP contribution is 2.20. The average molecular weight is 401 g/mol. The SMILES string of the molecule is Cc1ccc(-n2nnnc2N2CCN(Cc3nc(N)c4ccccc4n3)CC2)cc1. The van der Waals surface area contributed by atoms with Gasteiger partial charge in [-0.15, -0.1) is 0 Å². The van der Waals surface area contributed by atoms with Gasteiger partial charge in [0.1, 0.15) is 11.6 Å². The van der Waals surface area contributed by atoms with Gasteiger partial charge in [-0.25, -0.2) is 9.97 Å². The molecule has 0 radical (unpaired) electrons. The number of nitrogens with two attached hydrogens (primary N) is 1. The van der Waals surface area contributed by atoms with Gasteiger partial charge in [0.25, 0.3) is 0 Å². The summed E-state index contributed by atoms with van der Waals surface area (Å²) in [5.74, 6) is 2.06. The minimum Gasteiger partial charge on any atom is -0.383 e. The summed E-state index contributed by atoms with van der Waals surface area (Å²) in [7, 11) is 0. The number of hydrogen-bond acceptors (Lipinski definition) is 8. The van der Waals surface area contributed by atoms with Crippen molar-refractivity contribution < 1.29 is 0 Å². The second-order valence-electron chi connectivity index (χ2n) is 7.53. The van der Waals surface area contributed by atoms with E-state index < -0.39 is 0 Å². The fourth-order valence-corrected chi connectivity index (χ4v) is 3.76. The zero-order valence-corrected chi connectivity index (χ0v) is 16.8. The Kier molecular flexibility index (Phi) is 4.72. The molecule has 1 aliphatic heterocycles. The van der Waals surface area contributed by atoms with Gasteiger partial charge in [0.15, 0.2) is 0 Å². The molecule has 1 saturated heterocycles. The van der Waals surface area contributed by atoms with Gasteiger partial charge < -0.3 is 10.6 Å². The molecule has 0 spiro atoms. The van der Waals surface area contributed by atoms with Gasteiger partial charge in [-0.05, 0) is 41.6 Å². The molecule has 2 N–H and O–H groups in total. The number of nitrogen functional groups attached to an aromatic ring is 1. The maximum Gasteiger partial charge on any atom is 0.250 e. The van der Waals surface area contributed by atoms with Crippen molar-refractivity contribution in [1.29, 1.82) is 0 Å². The number of aromatic nitrogens is 6. The van der Waals surface area contributed by atoms with Crippen LogP contribution in [0.1, 0.15) is 11.4 Å². The summed E-state index contributed by atoms with van der Waals surface area (Å²) in [6, 6.07) is 16.0. The highest BCUT2D eigenvalue weighted by Gasteiger charge is 2.23. The van der Waals surface area contributed by atoms with E-state index in [1.807, 2.05) is 36.4 Å². The largest absolute Gasteiger partial charge is 0.383 e. The molecule has 0 unspecified atom stereocenters. The van der Waals surface area contributed by atoms with Crippen LogP contribution in [0.5, 0.6) is 0 Å². The Bertz CT molecular complexity index is 1160. The van der Waals surface area contributed by atoms with Crippen LogP contribution >= 0.6 is 0 Å².